The zero-order valence-corrected chi connectivity index (χ0v) is 13.8. The van der Waals surface area contributed by atoms with Gasteiger partial charge in [-0.2, -0.15) is 5.26 Å². The van der Waals surface area contributed by atoms with E-state index in [2.05, 4.69) is 6.07 Å². The van der Waals surface area contributed by atoms with Gasteiger partial charge in [-0.1, -0.05) is 37.6 Å². The van der Waals surface area contributed by atoms with Gasteiger partial charge < -0.3 is 10.5 Å². The summed E-state index contributed by atoms with van der Waals surface area (Å²) in [5.41, 5.74) is 7.80. The summed E-state index contributed by atoms with van der Waals surface area (Å²) >= 11 is 5.96. The van der Waals surface area contributed by atoms with E-state index in [0.29, 0.717) is 29.2 Å². The monoisotopic (exact) mass is 328 g/mol. The number of nitrogens with zero attached hydrogens (tertiary/aromatic N) is 1. The molecule has 0 bridgehead atoms. The molecule has 1 aromatic rings. The molecular weight excluding hydrogens is 312 g/mol. The summed E-state index contributed by atoms with van der Waals surface area (Å²) in [6.45, 7) is 4.09. The first kappa shape index (κ1) is 15.6. The first-order valence-electron chi connectivity index (χ1n) is 7.42. The molecule has 0 aromatic heterocycles. The number of Topliss-reactive ketones (excluding diaryl/α,β-unsaturated/α-hetero) is 1. The number of rotatable bonds is 1. The standard InChI is InChI=1S/C18H17ClN2O2/c1-18(2)7-12-15(10-3-5-11(19)6-4-10)13(9-20)17(21)23-16(12)14(22)8-18/h3-6,15H,7-8,21H2,1-2H3/t15-/m1/s1. The van der Waals surface area contributed by atoms with E-state index in [0.717, 1.165) is 11.1 Å². The lowest BCUT2D eigenvalue weighted by atomic mass is 9.69. The second-order valence-electron chi connectivity index (χ2n) is 6.77. The Hall–Kier alpha value is -2.25. The molecule has 1 heterocycles. The first-order valence-corrected chi connectivity index (χ1v) is 7.79. The largest absolute Gasteiger partial charge is 0.437 e. The maximum Gasteiger partial charge on any atom is 0.205 e. The molecule has 0 amide bonds. The Kier molecular flexibility index (Phi) is 3.69. The molecule has 0 saturated carbocycles. The van der Waals surface area contributed by atoms with Gasteiger partial charge in [0.1, 0.15) is 11.6 Å². The Morgan fingerprint density at radius 1 is 1.30 bits per heavy atom. The van der Waals surface area contributed by atoms with Crippen molar-refractivity contribution < 1.29 is 9.53 Å². The molecule has 4 nitrogen and oxygen atoms in total. The Balaban J connectivity index is 2.18. The number of carbonyl (C=O) groups is 1. The van der Waals surface area contributed by atoms with Crippen LogP contribution in [0.15, 0.2) is 47.1 Å². The minimum absolute atomic E-state index is 0.0132. The maximum absolute atomic E-state index is 12.5. The van der Waals surface area contributed by atoms with Crippen molar-refractivity contribution >= 4 is 17.4 Å². The van der Waals surface area contributed by atoms with E-state index in [9.17, 15) is 10.1 Å². The molecule has 1 aliphatic carbocycles. The highest BCUT2D eigenvalue weighted by Gasteiger charge is 2.42. The number of ether oxygens (including phenoxy) is 1. The Labute approximate surface area is 140 Å². The molecule has 0 radical (unpaired) electrons. The highest BCUT2D eigenvalue weighted by Crippen LogP contribution is 2.48. The number of allylic oxidation sites excluding steroid dienone is 3. The van der Waals surface area contributed by atoms with Gasteiger partial charge in [0, 0.05) is 17.4 Å². The minimum Gasteiger partial charge on any atom is -0.437 e. The average Bonchev–Trinajstić information content (AvgIpc) is 2.47. The lowest BCUT2D eigenvalue weighted by Gasteiger charge is -2.37. The molecule has 0 saturated heterocycles. The van der Waals surface area contributed by atoms with Crippen molar-refractivity contribution in [3.05, 3.63) is 57.6 Å². The van der Waals surface area contributed by atoms with Gasteiger partial charge in [0.2, 0.25) is 5.88 Å². The SMILES string of the molecule is CC1(C)CC(=O)C2=C(C1)[C@@H](c1ccc(Cl)cc1)C(C#N)=C(N)O2. The third-order valence-corrected chi connectivity index (χ3v) is 4.54. The molecule has 0 fully saturated rings. The summed E-state index contributed by atoms with van der Waals surface area (Å²) in [5.74, 6) is -0.0975. The van der Waals surface area contributed by atoms with Gasteiger partial charge >= 0.3 is 0 Å². The normalized spacial score (nSPS) is 23.2. The number of carbonyl (C=O) groups excluding carboxylic acids is 1. The van der Waals surface area contributed by atoms with Crippen LogP contribution in [0.25, 0.3) is 0 Å². The van der Waals surface area contributed by atoms with Crippen molar-refractivity contribution in [1.82, 2.24) is 0 Å². The van der Waals surface area contributed by atoms with Gasteiger partial charge in [0.15, 0.2) is 11.5 Å². The second kappa shape index (κ2) is 5.43. The number of nitriles is 1. The minimum atomic E-state index is -0.357. The number of hydrogen-bond donors (Lipinski definition) is 1. The predicted octanol–water partition coefficient (Wildman–Crippen LogP) is 3.79. The van der Waals surface area contributed by atoms with E-state index >= 15 is 0 Å². The van der Waals surface area contributed by atoms with Gasteiger partial charge in [-0.05, 0) is 35.1 Å². The molecule has 5 heteroatoms. The van der Waals surface area contributed by atoms with Crippen molar-refractivity contribution in [3.8, 4) is 6.07 Å². The lowest BCUT2D eigenvalue weighted by Crippen LogP contribution is -2.33. The molecule has 0 unspecified atom stereocenters. The lowest BCUT2D eigenvalue weighted by molar-refractivity contribution is -0.121. The van der Waals surface area contributed by atoms with Crippen LogP contribution in [0.1, 0.15) is 38.2 Å². The number of ketones is 1. The first-order chi connectivity index (χ1) is 10.8. The molecule has 118 valence electrons. The van der Waals surface area contributed by atoms with Crippen LogP contribution in [0, 0.1) is 16.7 Å². The van der Waals surface area contributed by atoms with Crippen LogP contribution in [0.2, 0.25) is 5.02 Å². The summed E-state index contributed by atoms with van der Waals surface area (Å²) in [4.78, 5) is 12.5. The van der Waals surface area contributed by atoms with E-state index in [1.807, 2.05) is 26.0 Å². The number of halogens is 1. The van der Waals surface area contributed by atoms with E-state index in [-0.39, 0.29) is 23.0 Å². The fourth-order valence-corrected chi connectivity index (χ4v) is 3.46. The van der Waals surface area contributed by atoms with Gasteiger partial charge in [0.25, 0.3) is 0 Å². The third kappa shape index (κ3) is 2.73. The zero-order chi connectivity index (χ0) is 16.8. The molecular formula is C18H17ClN2O2. The van der Waals surface area contributed by atoms with Crippen LogP contribution in [-0.2, 0) is 9.53 Å². The summed E-state index contributed by atoms with van der Waals surface area (Å²) in [6, 6.07) is 9.41. The van der Waals surface area contributed by atoms with Crippen molar-refractivity contribution in [3.63, 3.8) is 0 Å². The van der Waals surface area contributed by atoms with E-state index in [4.69, 9.17) is 22.1 Å². The molecule has 3 rings (SSSR count). The number of benzene rings is 1. The Morgan fingerprint density at radius 2 is 1.96 bits per heavy atom. The number of hydrogen-bond acceptors (Lipinski definition) is 4. The number of nitrogens with two attached hydrogens (primary N) is 1. The Morgan fingerprint density at radius 3 is 2.57 bits per heavy atom. The molecule has 0 spiro atoms. The van der Waals surface area contributed by atoms with Gasteiger partial charge in [-0.25, -0.2) is 0 Å². The maximum atomic E-state index is 12.5. The third-order valence-electron chi connectivity index (χ3n) is 4.29. The molecule has 2 N–H and O–H groups in total. The molecule has 2 aliphatic rings. The average molecular weight is 329 g/mol. The summed E-state index contributed by atoms with van der Waals surface area (Å²) in [7, 11) is 0. The van der Waals surface area contributed by atoms with Crippen molar-refractivity contribution in [1.29, 1.82) is 5.26 Å². The van der Waals surface area contributed by atoms with Crippen molar-refractivity contribution in [2.24, 2.45) is 11.1 Å². The van der Waals surface area contributed by atoms with Crippen LogP contribution in [-0.4, -0.2) is 5.78 Å². The van der Waals surface area contributed by atoms with Crippen molar-refractivity contribution in [2.45, 2.75) is 32.6 Å². The van der Waals surface area contributed by atoms with Crippen molar-refractivity contribution in [2.75, 3.05) is 0 Å². The fourth-order valence-electron chi connectivity index (χ4n) is 3.33. The summed E-state index contributed by atoms with van der Waals surface area (Å²) in [5, 5.41) is 10.1. The Bertz CT molecular complexity index is 782. The molecule has 1 aliphatic heterocycles. The molecule has 1 atom stereocenters. The van der Waals surface area contributed by atoms with Gasteiger partial charge in [-0.3, -0.25) is 4.79 Å². The quantitative estimate of drug-likeness (QED) is 0.850. The predicted molar refractivity (Wildman–Crippen MR) is 87.2 cm³/mol. The second-order valence-corrected chi connectivity index (χ2v) is 7.21. The van der Waals surface area contributed by atoms with Crippen LogP contribution in [0.5, 0.6) is 0 Å². The van der Waals surface area contributed by atoms with E-state index in [1.54, 1.807) is 12.1 Å². The van der Waals surface area contributed by atoms with Crippen LogP contribution < -0.4 is 5.73 Å². The van der Waals surface area contributed by atoms with Crippen LogP contribution in [0.3, 0.4) is 0 Å². The van der Waals surface area contributed by atoms with E-state index in [1.165, 1.54) is 0 Å². The van der Waals surface area contributed by atoms with Crippen LogP contribution >= 0.6 is 11.6 Å². The highest BCUT2D eigenvalue weighted by atomic mass is 35.5. The molecule has 1 aromatic carbocycles. The smallest absolute Gasteiger partial charge is 0.205 e. The van der Waals surface area contributed by atoms with Gasteiger partial charge in [-0.15, -0.1) is 0 Å². The summed E-state index contributed by atoms with van der Waals surface area (Å²) in [6.07, 6.45) is 1.09. The topological polar surface area (TPSA) is 76.1 Å². The zero-order valence-electron chi connectivity index (χ0n) is 13.0. The van der Waals surface area contributed by atoms with E-state index < -0.39 is 0 Å². The van der Waals surface area contributed by atoms with Crippen LogP contribution in [0.4, 0.5) is 0 Å². The summed E-state index contributed by atoms with van der Waals surface area (Å²) < 4.78 is 5.51. The molecule has 23 heavy (non-hydrogen) atoms. The fraction of sp³-hybridized carbons (Fsp3) is 0.333. The highest BCUT2D eigenvalue weighted by molar-refractivity contribution is 6.30. The van der Waals surface area contributed by atoms with Gasteiger partial charge in [0.05, 0.1) is 0 Å².